The Kier molecular flexibility index (Phi) is 7.64. The van der Waals surface area contributed by atoms with Crippen molar-refractivity contribution in [1.29, 1.82) is 0 Å². The number of anilines is 1. The number of carbonyl (C=O) groups is 1. The number of fused-ring (bicyclic) bond motifs is 1. The maximum absolute atomic E-state index is 13.3. The molecule has 188 valence electrons. The van der Waals surface area contributed by atoms with Crippen molar-refractivity contribution in [1.82, 2.24) is 30.0 Å². The third kappa shape index (κ3) is 5.23. The van der Waals surface area contributed by atoms with Gasteiger partial charge in [0.2, 0.25) is 0 Å². The van der Waals surface area contributed by atoms with Crippen molar-refractivity contribution in [3.63, 3.8) is 0 Å². The Labute approximate surface area is 212 Å². The van der Waals surface area contributed by atoms with Gasteiger partial charge in [-0.25, -0.2) is 9.97 Å². The Morgan fingerprint density at radius 3 is 2.53 bits per heavy atom. The molecule has 0 unspecified atom stereocenters. The van der Waals surface area contributed by atoms with Crippen molar-refractivity contribution in [2.24, 2.45) is 0 Å². The Hall–Kier alpha value is -3.78. The molecule has 8 nitrogen and oxygen atoms in total. The first kappa shape index (κ1) is 25.3. The SMILES string of the molecule is CCn1ncc(C(=O)N(C)Cc2cc(-c3ccc(NCCNC)c(C)n3)nc3ccc(C)cc23)c1C. The minimum absolute atomic E-state index is 0.0441. The summed E-state index contributed by atoms with van der Waals surface area (Å²) in [4.78, 5) is 24.8. The lowest BCUT2D eigenvalue weighted by molar-refractivity contribution is 0.0784. The summed E-state index contributed by atoms with van der Waals surface area (Å²) in [6, 6.07) is 12.3. The van der Waals surface area contributed by atoms with Gasteiger partial charge >= 0.3 is 0 Å². The van der Waals surface area contributed by atoms with E-state index in [1.54, 1.807) is 11.1 Å². The zero-order valence-corrected chi connectivity index (χ0v) is 22.0. The van der Waals surface area contributed by atoms with Gasteiger partial charge in [0.25, 0.3) is 5.91 Å². The highest BCUT2D eigenvalue weighted by atomic mass is 16.2. The Balaban J connectivity index is 1.69. The van der Waals surface area contributed by atoms with E-state index in [1.807, 2.05) is 51.7 Å². The predicted molar refractivity (Wildman–Crippen MR) is 145 cm³/mol. The van der Waals surface area contributed by atoms with Gasteiger partial charge in [-0.05, 0) is 70.6 Å². The molecule has 0 radical (unpaired) electrons. The van der Waals surface area contributed by atoms with Crippen molar-refractivity contribution in [2.75, 3.05) is 32.5 Å². The fourth-order valence-electron chi connectivity index (χ4n) is 4.39. The number of carbonyl (C=O) groups excluding carboxylic acids is 1. The van der Waals surface area contributed by atoms with E-state index in [0.717, 1.165) is 70.1 Å². The van der Waals surface area contributed by atoms with Crippen LogP contribution in [0.5, 0.6) is 0 Å². The van der Waals surface area contributed by atoms with Crippen LogP contribution in [0.4, 0.5) is 5.69 Å². The van der Waals surface area contributed by atoms with E-state index >= 15 is 0 Å². The van der Waals surface area contributed by atoms with Crippen LogP contribution in [0.2, 0.25) is 0 Å². The third-order valence-corrected chi connectivity index (χ3v) is 6.48. The number of hydrogen-bond donors (Lipinski definition) is 2. The zero-order chi connectivity index (χ0) is 25.8. The number of rotatable bonds is 9. The van der Waals surface area contributed by atoms with Crippen LogP contribution in [0.3, 0.4) is 0 Å². The van der Waals surface area contributed by atoms with E-state index in [9.17, 15) is 4.79 Å². The lowest BCUT2D eigenvalue weighted by atomic mass is 10.0. The molecule has 4 aromatic rings. The van der Waals surface area contributed by atoms with E-state index in [2.05, 4.69) is 46.9 Å². The minimum Gasteiger partial charge on any atom is -0.382 e. The van der Waals surface area contributed by atoms with Gasteiger partial charge in [0, 0.05) is 44.3 Å². The molecule has 8 heteroatoms. The first-order valence-electron chi connectivity index (χ1n) is 12.4. The smallest absolute Gasteiger partial charge is 0.257 e. The average Bonchev–Trinajstić information content (AvgIpc) is 3.24. The van der Waals surface area contributed by atoms with Crippen LogP contribution in [0.1, 0.15) is 39.8 Å². The maximum atomic E-state index is 13.3. The van der Waals surface area contributed by atoms with Crippen molar-refractivity contribution < 1.29 is 4.79 Å². The Bertz CT molecular complexity index is 1390. The summed E-state index contributed by atoms with van der Waals surface area (Å²) in [7, 11) is 3.77. The molecular formula is C28H35N7O. The van der Waals surface area contributed by atoms with Gasteiger partial charge in [0.15, 0.2) is 0 Å². The second-order valence-corrected chi connectivity index (χ2v) is 9.17. The topological polar surface area (TPSA) is 88.0 Å². The molecule has 4 rings (SSSR count). The minimum atomic E-state index is -0.0441. The fourth-order valence-corrected chi connectivity index (χ4v) is 4.39. The molecule has 0 aliphatic carbocycles. The lowest BCUT2D eigenvalue weighted by Crippen LogP contribution is -2.27. The maximum Gasteiger partial charge on any atom is 0.257 e. The number of aromatic nitrogens is 4. The number of likely N-dealkylation sites (N-methyl/N-ethyl adjacent to an activating group) is 1. The van der Waals surface area contributed by atoms with Crippen molar-refractivity contribution >= 4 is 22.5 Å². The highest BCUT2D eigenvalue weighted by Gasteiger charge is 2.19. The van der Waals surface area contributed by atoms with Crippen LogP contribution in [0.15, 0.2) is 42.6 Å². The van der Waals surface area contributed by atoms with Gasteiger partial charge in [-0.3, -0.25) is 9.48 Å². The lowest BCUT2D eigenvalue weighted by Gasteiger charge is -2.19. The van der Waals surface area contributed by atoms with Gasteiger partial charge in [-0.1, -0.05) is 11.6 Å². The molecule has 1 amide bonds. The first-order chi connectivity index (χ1) is 17.3. The van der Waals surface area contributed by atoms with Crippen LogP contribution in [-0.4, -0.2) is 57.7 Å². The molecule has 0 spiro atoms. The number of hydrogen-bond acceptors (Lipinski definition) is 6. The molecule has 0 atom stereocenters. The first-order valence-corrected chi connectivity index (χ1v) is 12.4. The van der Waals surface area contributed by atoms with E-state index in [1.165, 1.54) is 0 Å². The number of aryl methyl sites for hydroxylation is 3. The molecule has 36 heavy (non-hydrogen) atoms. The molecule has 3 heterocycles. The number of benzene rings is 1. The molecule has 0 saturated heterocycles. The molecule has 0 aliphatic heterocycles. The molecule has 3 aromatic heterocycles. The van der Waals surface area contributed by atoms with Crippen molar-refractivity contribution in [2.45, 2.75) is 40.8 Å². The van der Waals surface area contributed by atoms with Gasteiger partial charge in [-0.2, -0.15) is 5.10 Å². The van der Waals surface area contributed by atoms with Crippen molar-refractivity contribution in [3.05, 3.63) is 70.7 Å². The summed E-state index contributed by atoms with van der Waals surface area (Å²) in [5.74, 6) is -0.0441. The number of nitrogens with one attached hydrogen (secondary N) is 2. The molecule has 0 aliphatic rings. The molecule has 0 bridgehead atoms. The van der Waals surface area contributed by atoms with E-state index in [-0.39, 0.29) is 5.91 Å². The molecular weight excluding hydrogens is 450 g/mol. The molecule has 0 fully saturated rings. The van der Waals surface area contributed by atoms with Gasteiger partial charge in [0.05, 0.1) is 40.0 Å². The average molecular weight is 486 g/mol. The standard InChI is InChI=1S/C28H35N7O/c1-7-35-20(4)23(16-31-35)28(36)34(6)17-21-15-27(33-25-9-8-18(2)14-22(21)25)26-11-10-24(19(3)32-26)30-13-12-29-5/h8-11,14-16,29-30H,7,12-13,17H2,1-6H3. The number of amides is 1. The Morgan fingerprint density at radius 2 is 1.83 bits per heavy atom. The largest absolute Gasteiger partial charge is 0.382 e. The third-order valence-electron chi connectivity index (χ3n) is 6.48. The molecule has 2 N–H and O–H groups in total. The molecule has 1 aromatic carbocycles. The summed E-state index contributed by atoms with van der Waals surface area (Å²) in [6.45, 7) is 10.9. The van der Waals surface area contributed by atoms with E-state index < -0.39 is 0 Å². The summed E-state index contributed by atoms with van der Waals surface area (Å²) in [5, 5.41) is 11.9. The van der Waals surface area contributed by atoms with Gasteiger partial charge in [-0.15, -0.1) is 0 Å². The second kappa shape index (κ2) is 10.9. The van der Waals surface area contributed by atoms with Crippen LogP contribution in [0, 0.1) is 20.8 Å². The normalized spacial score (nSPS) is 11.2. The van der Waals surface area contributed by atoms with Crippen LogP contribution < -0.4 is 10.6 Å². The fraction of sp³-hybridized carbons (Fsp3) is 0.357. The zero-order valence-electron chi connectivity index (χ0n) is 22.0. The Morgan fingerprint density at radius 1 is 1.03 bits per heavy atom. The highest BCUT2D eigenvalue weighted by Crippen LogP contribution is 2.27. The van der Waals surface area contributed by atoms with Gasteiger partial charge in [0.1, 0.15) is 0 Å². The highest BCUT2D eigenvalue weighted by molar-refractivity contribution is 5.95. The number of nitrogens with zero attached hydrogens (tertiary/aromatic N) is 5. The monoisotopic (exact) mass is 485 g/mol. The summed E-state index contributed by atoms with van der Waals surface area (Å²) in [5.41, 5.74) is 8.13. The summed E-state index contributed by atoms with van der Waals surface area (Å²) < 4.78 is 1.84. The summed E-state index contributed by atoms with van der Waals surface area (Å²) in [6.07, 6.45) is 1.66. The van der Waals surface area contributed by atoms with Gasteiger partial charge < -0.3 is 15.5 Å². The van der Waals surface area contributed by atoms with Crippen LogP contribution in [-0.2, 0) is 13.1 Å². The number of pyridine rings is 2. The van der Waals surface area contributed by atoms with Crippen molar-refractivity contribution in [3.8, 4) is 11.4 Å². The quantitative estimate of drug-likeness (QED) is 0.343. The summed E-state index contributed by atoms with van der Waals surface area (Å²) >= 11 is 0. The molecule has 0 saturated carbocycles. The van der Waals surface area contributed by atoms with Crippen LogP contribution >= 0.6 is 0 Å². The van der Waals surface area contributed by atoms with E-state index in [4.69, 9.17) is 9.97 Å². The van der Waals surface area contributed by atoms with Crippen LogP contribution in [0.25, 0.3) is 22.3 Å². The second-order valence-electron chi connectivity index (χ2n) is 9.17. The van der Waals surface area contributed by atoms with E-state index in [0.29, 0.717) is 12.1 Å². The predicted octanol–water partition coefficient (Wildman–Crippen LogP) is 4.34.